The van der Waals surface area contributed by atoms with Gasteiger partial charge in [-0.05, 0) is 41.5 Å². The SMILES string of the molecule is COc1cc(-c2ccc3ncc(C(=O)O)cc3c2)ccc1O. The number of ether oxygens (including phenoxy) is 1. The van der Waals surface area contributed by atoms with Crippen LogP contribution < -0.4 is 4.74 Å². The van der Waals surface area contributed by atoms with Crippen LogP contribution in [-0.2, 0) is 0 Å². The fourth-order valence-corrected chi connectivity index (χ4v) is 2.29. The van der Waals surface area contributed by atoms with Crippen LogP contribution in [-0.4, -0.2) is 28.3 Å². The summed E-state index contributed by atoms with van der Waals surface area (Å²) in [5.74, 6) is -0.553. The number of aromatic carboxylic acids is 1. The molecule has 3 aromatic rings. The number of carboxylic acid groups (broad SMARTS) is 1. The van der Waals surface area contributed by atoms with Gasteiger partial charge in [0.25, 0.3) is 0 Å². The van der Waals surface area contributed by atoms with Gasteiger partial charge in [0.15, 0.2) is 11.5 Å². The standard InChI is InChI=1S/C17H13NO4/c1-22-16-8-11(3-5-15(16)19)10-2-4-14-12(6-10)7-13(9-18-14)17(20)21/h2-9,19H,1H3,(H,20,21). The van der Waals surface area contributed by atoms with E-state index < -0.39 is 5.97 Å². The monoisotopic (exact) mass is 295 g/mol. The maximum absolute atomic E-state index is 11.0. The number of aromatic hydroxyl groups is 1. The number of nitrogens with zero attached hydrogens (tertiary/aromatic N) is 1. The summed E-state index contributed by atoms with van der Waals surface area (Å²) in [5.41, 5.74) is 2.61. The van der Waals surface area contributed by atoms with Crippen molar-refractivity contribution in [2.45, 2.75) is 0 Å². The number of carbonyl (C=O) groups is 1. The second kappa shape index (κ2) is 5.37. The van der Waals surface area contributed by atoms with E-state index in [0.29, 0.717) is 5.75 Å². The summed E-state index contributed by atoms with van der Waals surface area (Å²) in [5, 5.41) is 19.4. The molecule has 1 aromatic heterocycles. The fraction of sp³-hybridized carbons (Fsp3) is 0.0588. The van der Waals surface area contributed by atoms with E-state index in [0.717, 1.165) is 22.0 Å². The van der Waals surface area contributed by atoms with Crippen molar-refractivity contribution in [3.8, 4) is 22.6 Å². The Morgan fingerprint density at radius 2 is 1.82 bits per heavy atom. The average Bonchev–Trinajstić information content (AvgIpc) is 2.54. The predicted octanol–water partition coefficient (Wildman–Crippen LogP) is 3.31. The number of carboxylic acids is 1. The summed E-state index contributed by atoms with van der Waals surface area (Å²) in [6.07, 6.45) is 1.34. The molecule has 22 heavy (non-hydrogen) atoms. The second-order valence-corrected chi connectivity index (χ2v) is 4.82. The van der Waals surface area contributed by atoms with Crippen molar-refractivity contribution in [1.82, 2.24) is 4.98 Å². The van der Waals surface area contributed by atoms with E-state index in [1.54, 1.807) is 24.3 Å². The van der Waals surface area contributed by atoms with Crippen LogP contribution in [0, 0.1) is 0 Å². The van der Waals surface area contributed by atoms with Crippen molar-refractivity contribution in [3.63, 3.8) is 0 Å². The van der Waals surface area contributed by atoms with Gasteiger partial charge in [-0.3, -0.25) is 4.98 Å². The van der Waals surface area contributed by atoms with Crippen LogP contribution in [0.3, 0.4) is 0 Å². The summed E-state index contributed by atoms with van der Waals surface area (Å²) >= 11 is 0. The van der Waals surface area contributed by atoms with Crippen LogP contribution in [0.4, 0.5) is 0 Å². The lowest BCUT2D eigenvalue weighted by atomic mass is 10.0. The van der Waals surface area contributed by atoms with E-state index in [9.17, 15) is 9.90 Å². The molecule has 0 bridgehead atoms. The molecule has 0 spiro atoms. The van der Waals surface area contributed by atoms with E-state index in [4.69, 9.17) is 9.84 Å². The first kappa shape index (κ1) is 13.9. The Bertz CT molecular complexity index is 874. The highest BCUT2D eigenvalue weighted by Gasteiger charge is 2.08. The molecule has 1 heterocycles. The normalized spacial score (nSPS) is 10.6. The van der Waals surface area contributed by atoms with Crippen molar-refractivity contribution in [1.29, 1.82) is 0 Å². The second-order valence-electron chi connectivity index (χ2n) is 4.82. The van der Waals surface area contributed by atoms with Gasteiger partial charge in [0, 0.05) is 11.6 Å². The molecule has 0 aliphatic heterocycles. The van der Waals surface area contributed by atoms with Crippen molar-refractivity contribution in [2.75, 3.05) is 7.11 Å². The summed E-state index contributed by atoms with van der Waals surface area (Å²) in [6.45, 7) is 0. The summed E-state index contributed by atoms with van der Waals surface area (Å²) in [6, 6.07) is 12.2. The molecule has 0 saturated carbocycles. The Hall–Kier alpha value is -3.08. The maximum atomic E-state index is 11.0. The van der Waals surface area contributed by atoms with Crippen molar-refractivity contribution >= 4 is 16.9 Å². The van der Waals surface area contributed by atoms with Crippen LogP contribution in [0.5, 0.6) is 11.5 Å². The predicted molar refractivity (Wildman–Crippen MR) is 82.4 cm³/mol. The summed E-state index contributed by atoms with van der Waals surface area (Å²) in [4.78, 5) is 15.2. The lowest BCUT2D eigenvalue weighted by Crippen LogP contribution is -1.97. The molecule has 0 aliphatic carbocycles. The zero-order chi connectivity index (χ0) is 15.7. The van der Waals surface area contributed by atoms with E-state index >= 15 is 0 Å². The summed E-state index contributed by atoms with van der Waals surface area (Å²) in [7, 11) is 1.49. The maximum Gasteiger partial charge on any atom is 0.337 e. The lowest BCUT2D eigenvalue weighted by Gasteiger charge is -2.08. The number of phenols is 1. The van der Waals surface area contributed by atoms with Gasteiger partial charge < -0.3 is 14.9 Å². The number of fused-ring (bicyclic) bond motifs is 1. The molecule has 0 radical (unpaired) electrons. The Morgan fingerprint density at radius 3 is 2.55 bits per heavy atom. The van der Waals surface area contributed by atoms with Crippen LogP contribution in [0.1, 0.15) is 10.4 Å². The van der Waals surface area contributed by atoms with Crippen molar-refractivity contribution in [2.24, 2.45) is 0 Å². The Kier molecular flexibility index (Phi) is 3.39. The van der Waals surface area contributed by atoms with Crippen LogP contribution in [0.2, 0.25) is 0 Å². The Balaban J connectivity index is 2.13. The van der Waals surface area contributed by atoms with E-state index in [-0.39, 0.29) is 11.3 Å². The molecule has 0 fully saturated rings. The molecule has 0 aliphatic rings. The molecular weight excluding hydrogens is 282 g/mol. The number of aromatic nitrogens is 1. The smallest absolute Gasteiger partial charge is 0.337 e. The number of hydrogen-bond donors (Lipinski definition) is 2. The molecule has 0 unspecified atom stereocenters. The van der Waals surface area contributed by atoms with Gasteiger partial charge in [0.05, 0.1) is 18.2 Å². The molecule has 2 aromatic carbocycles. The van der Waals surface area contributed by atoms with E-state index in [1.165, 1.54) is 13.3 Å². The molecule has 110 valence electrons. The fourth-order valence-electron chi connectivity index (χ4n) is 2.29. The van der Waals surface area contributed by atoms with Crippen molar-refractivity contribution in [3.05, 3.63) is 54.2 Å². The van der Waals surface area contributed by atoms with Gasteiger partial charge in [-0.2, -0.15) is 0 Å². The topological polar surface area (TPSA) is 79.7 Å². The van der Waals surface area contributed by atoms with E-state index in [1.807, 2.05) is 18.2 Å². The molecule has 3 rings (SSSR count). The van der Waals surface area contributed by atoms with Gasteiger partial charge in [-0.25, -0.2) is 4.79 Å². The molecule has 0 amide bonds. The average molecular weight is 295 g/mol. The highest BCUT2D eigenvalue weighted by atomic mass is 16.5. The quantitative estimate of drug-likeness (QED) is 0.775. The third-order valence-electron chi connectivity index (χ3n) is 3.44. The molecule has 5 heteroatoms. The lowest BCUT2D eigenvalue weighted by molar-refractivity contribution is 0.0696. The summed E-state index contributed by atoms with van der Waals surface area (Å²) < 4.78 is 5.11. The number of pyridine rings is 1. The van der Waals surface area contributed by atoms with Gasteiger partial charge >= 0.3 is 5.97 Å². The van der Waals surface area contributed by atoms with Gasteiger partial charge in [-0.1, -0.05) is 12.1 Å². The number of phenolic OH excluding ortho intramolecular Hbond substituents is 1. The molecule has 0 atom stereocenters. The van der Waals surface area contributed by atoms with Gasteiger partial charge in [0.2, 0.25) is 0 Å². The van der Waals surface area contributed by atoms with Crippen LogP contribution >= 0.6 is 0 Å². The Labute approximate surface area is 126 Å². The number of methoxy groups -OCH3 is 1. The van der Waals surface area contributed by atoms with Crippen LogP contribution in [0.15, 0.2) is 48.7 Å². The minimum Gasteiger partial charge on any atom is -0.504 e. The van der Waals surface area contributed by atoms with Crippen LogP contribution in [0.25, 0.3) is 22.0 Å². The minimum atomic E-state index is -1.01. The zero-order valence-corrected chi connectivity index (χ0v) is 11.8. The molecular formula is C17H13NO4. The first-order valence-corrected chi connectivity index (χ1v) is 6.59. The largest absolute Gasteiger partial charge is 0.504 e. The first-order chi connectivity index (χ1) is 10.6. The molecule has 5 nitrogen and oxygen atoms in total. The van der Waals surface area contributed by atoms with E-state index in [2.05, 4.69) is 4.98 Å². The Morgan fingerprint density at radius 1 is 1.09 bits per heavy atom. The molecule has 0 saturated heterocycles. The van der Waals surface area contributed by atoms with Gasteiger partial charge in [-0.15, -0.1) is 0 Å². The third-order valence-corrected chi connectivity index (χ3v) is 3.44. The third kappa shape index (κ3) is 2.44. The van der Waals surface area contributed by atoms with Crippen molar-refractivity contribution < 1.29 is 19.7 Å². The highest BCUT2D eigenvalue weighted by Crippen LogP contribution is 2.32. The van der Waals surface area contributed by atoms with Gasteiger partial charge in [0.1, 0.15) is 0 Å². The number of hydrogen-bond acceptors (Lipinski definition) is 4. The minimum absolute atomic E-state index is 0.0712. The molecule has 2 N–H and O–H groups in total. The zero-order valence-electron chi connectivity index (χ0n) is 11.8. The highest BCUT2D eigenvalue weighted by molar-refractivity contribution is 5.93. The first-order valence-electron chi connectivity index (χ1n) is 6.59. The number of rotatable bonds is 3. The number of benzene rings is 2.